The predicted molar refractivity (Wildman–Crippen MR) is 131 cm³/mol. The molecule has 0 radical (unpaired) electrons. The maximum atomic E-state index is 12.3. The van der Waals surface area contributed by atoms with E-state index in [1.54, 1.807) is 60.7 Å². The van der Waals surface area contributed by atoms with Crippen molar-refractivity contribution in [2.45, 2.75) is 38.2 Å². The Bertz CT molecular complexity index is 1140. The van der Waals surface area contributed by atoms with Crippen molar-refractivity contribution in [3.8, 4) is 11.3 Å². The molecule has 3 aromatic rings. The number of nitrogens with one attached hydrogen (secondary N) is 1. The van der Waals surface area contributed by atoms with Crippen molar-refractivity contribution < 1.29 is 18.7 Å². The number of halogens is 2. The molecule has 7 heteroatoms. The number of amides is 1. The SMILES string of the molecule is O=C(/C=C/c1ccc(-c2cc(Cl)cc(Cl)c2)o1)Nc1ccc(C(=O)OC2CCCCC2)cc1. The summed E-state index contributed by atoms with van der Waals surface area (Å²) in [7, 11) is 0. The summed E-state index contributed by atoms with van der Waals surface area (Å²) in [6.07, 6.45) is 8.21. The summed E-state index contributed by atoms with van der Waals surface area (Å²) in [5.41, 5.74) is 1.80. The minimum atomic E-state index is -0.325. The molecular weight excluding hydrogens is 461 g/mol. The van der Waals surface area contributed by atoms with Crippen LogP contribution in [0.25, 0.3) is 17.4 Å². The fraction of sp³-hybridized carbons (Fsp3) is 0.231. The van der Waals surface area contributed by atoms with Crippen molar-refractivity contribution in [2.24, 2.45) is 0 Å². The number of benzene rings is 2. The van der Waals surface area contributed by atoms with Gasteiger partial charge in [0.2, 0.25) is 5.91 Å². The molecule has 0 saturated heterocycles. The van der Waals surface area contributed by atoms with Crippen LogP contribution in [0.2, 0.25) is 10.0 Å². The Hall–Kier alpha value is -3.02. The third kappa shape index (κ3) is 6.50. The Morgan fingerprint density at radius 1 is 0.939 bits per heavy atom. The Kier molecular flexibility index (Phi) is 7.53. The van der Waals surface area contributed by atoms with Gasteiger partial charge in [-0.2, -0.15) is 0 Å². The van der Waals surface area contributed by atoms with Gasteiger partial charge in [0.25, 0.3) is 0 Å². The van der Waals surface area contributed by atoms with E-state index in [2.05, 4.69) is 5.32 Å². The molecule has 0 unspecified atom stereocenters. The van der Waals surface area contributed by atoms with Crippen LogP contribution in [0, 0.1) is 0 Å². The minimum absolute atomic E-state index is 0.00810. The van der Waals surface area contributed by atoms with E-state index in [0.29, 0.717) is 32.8 Å². The van der Waals surface area contributed by atoms with Gasteiger partial charge in [-0.25, -0.2) is 4.79 Å². The fourth-order valence-electron chi connectivity index (χ4n) is 3.73. The number of hydrogen-bond donors (Lipinski definition) is 1. The number of esters is 1. The number of ether oxygens (including phenoxy) is 1. The van der Waals surface area contributed by atoms with Crippen LogP contribution in [0.5, 0.6) is 0 Å². The predicted octanol–water partition coefficient (Wildman–Crippen LogP) is 7.39. The molecule has 4 rings (SSSR count). The van der Waals surface area contributed by atoms with Crippen molar-refractivity contribution in [2.75, 3.05) is 5.32 Å². The molecule has 1 aliphatic carbocycles. The van der Waals surface area contributed by atoms with Crippen LogP contribution in [0.15, 0.2) is 65.1 Å². The second kappa shape index (κ2) is 10.7. The molecule has 1 saturated carbocycles. The lowest BCUT2D eigenvalue weighted by Crippen LogP contribution is -2.20. The van der Waals surface area contributed by atoms with Crippen LogP contribution < -0.4 is 5.32 Å². The van der Waals surface area contributed by atoms with Crippen molar-refractivity contribution >= 4 is 46.8 Å². The van der Waals surface area contributed by atoms with E-state index >= 15 is 0 Å². The molecule has 1 amide bonds. The van der Waals surface area contributed by atoms with Gasteiger partial charge >= 0.3 is 5.97 Å². The monoisotopic (exact) mass is 483 g/mol. The van der Waals surface area contributed by atoms with Gasteiger partial charge in [-0.05, 0) is 86.4 Å². The molecule has 1 heterocycles. The molecule has 0 spiro atoms. The van der Waals surface area contributed by atoms with Crippen molar-refractivity contribution in [3.05, 3.63) is 82.0 Å². The lowest BCUT2D eigenvalue weighted by atomic mass is 9.98. The zero-order valence-electron chi connectivity index (χ0n) is 17.9. The van der Waals surface area contributed by atoms with E-state index in [1.807, 2.05) is 0 Å². The molecule has 1 aromatic heterocycles. The van der Waals surface area contributed by atoms with Gasteiger partial charge in [0.05, 0.1) is 5.56 Å². The van der Waals surface area contributed by atoms with Crippen LogP contribution in [-0.4, -0.2) is 18.0 Å². The Morgan fingerprint density at radius 3 is 2.33 bits per heavy atom. The Labute approximate surface area is 202 Å². The lowest BCUT2D eigenvalue weighted by Gasteiger charge is -2.21. The topological polar surface area (TPSA) is 68.5 Å². The minimum Gasteiger partial charge on any atom is -0.459 e. The maximum absolute atomic E-state index is 12.3. The van der Waals surface area contributed by atoms with Gasteiger partial charge in [0, 0.05) is 27.4 Å². The zero-order valence-corrected chi connectivity index (χ0v) is 19.4. The number of furan rings is 1. The van der Waals surface area contributed by atoms with E-state index in [1.165, 1.54) is 12.5 Å². The highest BCUT2D eigenvalue weighted by molar-refractivity contribution is 6.35. The first kappa shape index (κ1) is 23.1. The van der Waals surface area contributed by atoms with Crippen LogP contribution in [0.1, 0.15) is 48.2 Å². The first-order valence-electron chi connectivity index (χ1n) is 10.8. The molecule has 0 bridgehead atoms. The normalized spacial score (nSPS) is 14.4. The maximum Gasteiger partial charge on any atom is 0.338 e. The molecule has 0 aliphatic heterocycles. The fourth-order valence-corrected chi connectivity index (χ4v) is 4.25. The average Bonchev–Trinajstić information content (AvgIpc) is 3.27. The summed E-state index contributed by atoms with van der Waals surface area (Å²) < 4.78 is 11.3. The summed E-state index contributed by atoms with van der Waals surface area (Å²) in [6.45, 7) is 0. The number of carbonyl (C=O) groups excluding carboxylic acids is 2. The second-order valence-corrected chi connectivity index (χ2v) is 8.80. The van der Waals surface area contributed by atoms with E-state index in [9.17, 15) is 9.59 Å². The third-order valence-corrected chi connectivity index (χ3v) is 5.82. The number of hydrogen-bond acceptors (Lipinski definition) is 4. The van der Waals surface area contributed by atoms with E-state index in [0.717, 1.165) is 31.2 Å². The van der Waals surface area contributed by atoms with Gasteiger partial charge in [0.15, 0.2) is 0 Å². The standard InChI is InChI=1S/C26H23Cl2NO4/c27-19-14-18(15-20(28)16-19)24-12-10-23(32-24)11-13-25(30)29-21-8-6-17(7-9-21)26(31)33-22-4-2-1-3-5-22/h6-16,22H,1-5H2,(H,29,30)/b13-11+. The van der Waals surface area contributed by atoms with Crippen molar-refractivity contribution in [1.82, 2.24) is 0 Å². The van der Waals surface area contributed by atoms with E-state index in [-0.39, 0.29) is 18.0 Å². The highest BCUT2D eigenvalue weighted by Crippen LogP contribution is 2.29. The van der Waals surface area contributed by atoms with Gasteiger partial charge in [-0.15, -0.1) is 0 Å². The van der Waals surface area contributed by atoms with Crippen molar-refractivity contribution in [3.63, 3.8) is 0 Å². The van der Waals surface area contributed by atoms with E-state index in [4.69, 9.17) is 32.4 Å². The average molecular weight is 484 g/mol. The largest absolute Gasteiger partial charge is 0.459 e. The van der Waals surface area contributed by atoms with Gasteiger partial charge in [0.1, 0.15) is 17.6 Å². The second-order valence-electron chi connectivity index (χ2n) is 7.93. The molecule has 5 nitrogen and oxygen atoms in total. The highest BCUT2D eigenvalue weighted by atomic mass is 35.5. The Balaban J connectivity index is 1.32. The number of anilines is 1. The van der Waals surface area contributed by atoms with Crippen LogP contribution >= 0.6 is 23.2 Å². The summed E-state index contributed by atoms with van der Waals surface area (Å²) >= 11 is 12.1. The molecule has 170 valence electrons. The molecule has 1 fully saturated rings. The smallest absolute Gasteiger partial charge is 0.338 e. The van der Waals surface area contributed by atoms with Gasteiger partial charge < -0.3 is 14.5 Å². The molecule has 0 atom stereocenters. The van der Waals surface area contributed by atoms with Gasteiger partial charge in [-0.3, -0.25) is 4.79 Å². The summed E-state index contributed by atoms with van der Waals surface area (Å²) in [4.78, 5) is 24.6. The van der Waals surface area contributed by atoms with Crippen LogP contribution in [-0.2, 0) is 9.53 Å². The lowest BCUT2D eigenvalue weighted by molar-refractivity contribution is -0.111. The zero-order chi connectivity index (χ0) is 23.2. The Morgan fingerprint density at radius 2 is 1.64 bits per heavy atom. The molecular formula is C26H23Cl2NO4. The molecule has 1 aliphatic rings. The molecule has 1 N–H and O–H groups in total. The first-order valence-corrected chi connectivity index (χ1v) is 11.6. The summed E-state index contributed by atoms with van der Waals surface area (Å²) in [5, 5.41) is 3.78. The third-order valence-electron chi connectivity index (χ3n) is 5.39. The first-order chi connectivity index (χ1) is 16.0. The summed E-state index contributed by atoms with van der Waals surface area (Å²) in [6, 6.07) is 15.3. The quantitative estimate of drug-likeness (QED) is 0.293. The number of carbonyl (C=O) groups is 2. The van der Waals surface area contributed by atoms with E-state index < -0.39 is 0 Å². The summed E-state index contributed by atoms with van der Waals surface area (Å²) in [5.74, 6) is 0.456. The molecule has 33 heavy (non-hydrogen) atoms. The van der Waals surface area contributed by atoms with Crippen molar-refractivity contribution in [1.29, 1.82) is 0 Å². The van der Waals surface area contributed by atoms with Gasteiger partial charge in [-0.1, -0.05) is 29.6 Å². The highest BCUT2D eigenvalue weighted by Gasteiger charge is 2.18. The van der Waals surface area contributed by atoms with Crippen LogP contribution in [0.3, 0.4) is 0 Å². The number of rotatable bonds is 6. The molecule has 2 aromatic carbocycles. The van der Waals surface area contributed by atoms with Crippen LogP contribution in [0.4, 0.5) is 5.69 Å².